The van der Waals surface area contributed by atoms with Gasteiger partial charge in [-0.25, -0.2) is 9.97 Å². The van der Waals surface area contributed by atoms with E-state index in [0.29, 0.717) is 18.1 Å². The number of hydrogen-bond acceptors (Lipinski definition) is 4. The number of anilines is 1. The van der Waals surface area contributed by atoms with Crippen LogP contribution in [0.3, 0.4) is 0 Å². The van der Waals surface area contributed by atoms with Crippen LogP contribution in [0.25, 0.3) is 5.57 Å². The molecule has 2 aliphatic heterocycles. The van der Waals surface area contributed by atoms with E-state index in [-0.39, 0.29) is 0 Å². The van der Waals surface area contributed by atoms with E-state index in [9.17, 15) is 0 Å². The van der Waals surface area contributed by atoms with Crippen LogP contribution < -0.4 is 4.90 Å². The second-order valence-corrected chi connectivity index (χ2v) is 7.59. The molecule has 1 aliphatic carbocycles. The maximum atomic E-state index is 4.74. The number of allylic oxidation sites excluding steroid dienone is 2. The minimum absolute atomic E-state index is 0.593. The van der Waals surface area contributed by atoms with Crippen molar-refractivity contribution in [1.29, 1.82) is 0 Å². The van der Waals surface area contributed by atoms with E-state index in [1.54, 1.807) is 0 Å². The fraction of sp³-hybridized carbons (Fsp3) is 0.684. The van der Waals surface area contributed by atoms with Crippen LogP contribution in [0.4, 0.5) is 5.95 Å². The van der Waals surface area contributed by atoms with Crippen molar-refractivity contribution in [3.8, 4) is 0 Å². The Morgan fingerprint density at radius 3 is 2.30 bits per heavy atom. The van der Waals surface area contributed by atoms with Crippen molar-refractivity contribution < 1.29 is 0 Å². The van der Waals surface area contributed by atoms with Crippen molar-refractivity contribution >= 4 is 11.5 Å². The van der Waals surface area contributed by atoms with Crippen LogP contribution in [0.15, 0.2) is 18.5 Å². The molecular formula is C19H28N4. The zero-order valence-electron chi connectivity index (χ0n) is 14.4. The average Bonchev–Trinajstić information content (AvgIpc) is 2.85. The number of piperazine rings is 1. The largest absolute Gasteiger partial charge is 0.332 e. The second-order valence-electron chi connectivity index (χ2n) is 7.59. The smallest absolute Gasteiger partial charge is 0.225 e. The van der Waals surface area contributed by atoms with Crippen LogP contribution >= 0.6 is 0 Å². The highest BCUT2D eigenvalue weighted by molar-refractivity contribution is 5.65. The second kappa shape index (κ2) is 6.23. The Balaban J connectivity index is 1.52. The van der Waals surface area contributed by atoms with Gasteiger partial charge in [-0.15, -0.1) is 0 Å². The molecule has 0 spiro atoms. The molecule has 3 heterocycles. The minimum Gasteiger partial charge on any atom is -0.332 e. The van der Waals surface area contributed by atoms with Gasteiger partial charge in [-0.3, -0.25) is 4.90 Å². The van der Waals surface area contributed by atoms with Gasteiger partial charge in [0.1, 0.15) is 0 Å². The lowest BCUT2D eigenvalue weighted by atomic mass is 9.95. The summed E-state index contributed by atoms with van der Waals surface area (Å²) >= 11 is 0. The van der Waals surface area contributed by atoms with Crippen LogP contribution in [0, 0.1) is 0 Å². The number of hydrogen-bond donors (Lipinski definition) is 0. The zero-order valence-corrected chi connectivity index (χ0v) is 14.4. The fourth-order valence-corrected chi connectivity index (χ4v) is 4.40. The molecule has 0 saturated carbocycles. The highest BCUT2D eigenvalue weighted by atomic mass is 15.4. The lowest BCUT2D eigenvalue weighted by molar-refractivity contribution is 0.176. The maximum Gasteiger partial charge on any atom is 0.225 e. The molecule has 2 atom stereocenters. The van der Waals surface area contributed by atoms with Gasteiger partial charge in [-0.05, 0) is 57.9 Å². The number of aromatic nitrogens is 2. The third-order valence-corrected chi connectivity index (χ3v) is 5.77. The van der Waals surface area contributed by atoms with Crippen molar-refractivity contribution in [2.75, 3.05) is 18.0 Å². The molecule has 2 fully saturated rings. The van der Waals surface area contributed by atoms with Gasteiger partial charge in [-0.2, -0.15) is 0 Å². The molecule has 0 aromatic carbocycles. The summed E-state index contributed by atoms with van der Waals surface area (Å²) in [5.41, 5.74) is 2.66. The molecule has 1 aromatic heterocycles. The van der Waals surface area contributed by atoms with E-state index in [1.807, 2.05) is 12.4 Å². The van der Waals surface area contributed by atoms with Crippen LogP contribution in [-0.4, -0.2) is 46.1 Å². The number of rotatable bonds is 3. The molecule has 1 aromatic rings. The first-order valence-corrected chi connectivity index (χ1v) is 9.26. The molecule has 0 radical (unpaired) electrons. The molecule has 2 unspecified atom stereocenters. The molecular weight excluding hydrogens is 284 g/mol. The van der Waals surface area contributed by atoms with E-state index < -0.39 is 0 Å². The fourth-order valence-electron chi connectivity index (χ4n) is 4.40. The standard InChI is InChI=1S/C19H28N4/c1-14(2)22-12-17-8-9-18(13-22)23(17)19-20-10-16(11-21-19)15-6-4-3-5-7-15/h6,10-11,14,17-18H,3-5,7-9,12-13H2,1-2H3. The molecule has 2 bridgehead atoms. The predicted octanol–water partition coefficient (Wildman–Crippen LogP) is 3.50. The Bertz CT molecular complexity index is 564. The topological polar surface area (TPSA) is 32.3 Å². The first kappa shape index (κ1) is 15.1. The van der Waals surface area contributed by atoms with Gasteiger partial charge in [0.25, 0.3) is 0 Å². The van der Waals surface area contributed by atoms with Crippen molar-refractivity contribution in [1.82, 2.24) is 14.9 Å². The average molecular weight is 312 g/mol. The highest BCUT2D eigenvalue weighted by Crippen LogP contribution is 2.34. The van der Waals surface area contributed by atoms with Crippen LogP contribution in [0.5, 0.6) is 0 Å². The van der Waals surface area contributed by atoms with Gasteiger partial charge in [0.15, 0.2) is 0 Å². The molecule has 3 aliphatic rings. The Labute approximate surface area is 139 Å². The van der Waals surface area contributed by atoms with Crippen molar-refractivity contribution in [3.05, 3.63) is 24.0 Å². The number of nitrogens with zero attached hydrogens (tertiary/aromatic N) is 4. The first-order chi connectivity index (χ1) is 11.2. The SMILES string of the molecule is CC(C)N1CC2CCC(C1)N2c1ncc(C2=CCCCC2)cn1. The van der Waals surface area contributed by atoms with Gasteiger partial charge >= 0.3 is 0 Å². The molecule has 4 nitrogen and oxygen atoms in total. The molecule has 4 rings (SSSR count). The molecule has 23 heavy (non-hydrogen) atoms. The molecule has 2 saturated heterocycles. The van der Waals surface area contributed by atoms with Crippen molar-refractivity contribution in [2.24, 2.45) is 0 Å². The van der Waals surface area contributed by atoms with E-state index in [2.05, 4.69) is 29.7 Å². The first-order valence-electron chi connectivity index (χ1n) is 9.26. The molecule has 0 N–H and O–H groups in total. The summed E-state index contributed by atoms with van der Waals surface area (Å²) in [4.78, 5) is 14.6. The number of fused-ring (bicyclic) bond motifs is 2. The molecule has 4 heteroatoms. The minimum atomic E-state index is 0.593. The summed E-state index contributed by atoms with van der Waals surface area (Å²) in [5.74, 6) is 0.945. The molecule has 0 amide bonds. The van der Waals surface area contributed by atoms with E-state index >= 15 is 0 Å². The highest BCUT2D eigenvalue weighted by Gasteiger charge is 2.41. The zero-order chi connectivity index (χ0) is 15.8. The summed E-state index contributed by atoms with van der Waals surface area (Å²) < 4.78 is 0. The Morgan fingerprint density at radius 1 is 1.04 bits per heavy atom. The monoisotopic (exact) mass is 312 g/mol. The summed E-state index contributed by atoms with van der Waals surface area (Å²) in [6.07, 6.45) is 14.0. The number of likely N-dealkylation sites (tertiary alicyclic amines) is 1. The van der Waals surface area contributed by atoms with E-state index in [0.717, 1.165) is 19.0 Å². The van der Waals surface area contributed by atoms with Gasteiger partial charge in [-0.1, -0.05) is 6.08 Å². The maximum absolute atomic E-state index is 4.74. The quantitative estimate of drug-likeness (QED) is 0.855. The summed E-state index contributed by atoms with van der Waals surface area (Å²) in [5, 5.41) is 0. The predicted molar refractivity (Wildman–Crippen MR) is 94.5 cm³/mol. The Kier molecular flexibility index (Phi) is 4.10. The normalized spacial score (nSPS) is 28.3. The Hall–Kier alpha value is -1.42. The lowest BCUT2D eigenvalue weighted by Gasteiger charge is -2.42. The van der Waals surface area contributed by atoms with E-state index in [4.69, 9.17) is 9.97 Å². The van der Waals surface area contributed by atoms with Gasteiger partial charge in [0.05, 0.1) is 0 Å². The summed E-state index contributed by atoms with van der Waals surface area (Å²) in [6, 6.07) is 1.83. The lowest BCUT2D eigenvalue weighted by Crippen LogP contribution is -2.56. The van der Waals surface area contributed by atoms with Crippen molar-refractivity contribution in [3.63, 3.8) is 0 Å². The summed E-state index contributed by atoms with van der Waals surface area (Å²) in [6.45, 7) is 6.92. The van der Waals surface area contributed by atoms with Gasteiger partial charge < -0.3 is 4.90 Å². The third kappa shape index (κ3) is 2.89. The van der Waals surface area contributed by atoms with Crippen molar-refractivity contribution in [2.45, 2.75) is 70.5 Å². The third-order valence-electron chi connectivity index (χ3n) is 5.77. The Morgan fingerprint density at radius 2 is 1.74 bits per heavy atom. The summed E-state index contributed by atoms with van der Waals surface area (Å²) in [7, 11) is 0. The van der Waals surface area contributed by atoms with Crippen LogP contribution in [-0.2, 0) is 0 Å². The van der Waals surface area contributed by atoms with Gasteiger partial charge in [0, 0.05) is 49.2 Å². The van der Waals surface area contributed by atoms with Crippen LogP contribution in [0.2, 0.25) is 0 Å². The van der Waals surface area contributed by atoms with E-state index in [1.165, 1.54) is 49.7 Å². The molecule has 124 valence electrons. The van der Waals surface area contributed by atoms with Gasteiger partial charge in [0.2, 0.25) is 5.95 Å². The van der Waals surface area contributed by atoms with Crippen LogP contribution in [0.1, 0.15) is 57.9 Å².